The van der Waals surface area contributed by atoms with E-state index in [1.54, 1.807) is 18.2 Å². The Hall–Kier alpha value is -2.25. The highest BCUT2D eigenvalue weighted by atomic mass is 79.9. The van der Waals surface area contributed by atoms with Crippen LogP contribution in [0.25, 0.3) is 0 Å². The lowest BCUT2D eigenvalue weighted by molar-refractivity contribution is -0.116. The summed E-state index contributed by atoms with van der Waals surface area (Å²) in [6, 6.07) is 9.20. The van der Waals surface area contributed by atoms with Crippen molar-refractivity contribution in [2.24, 2.45) is 0 Å². The van der Waals surface area contributed by atoms with Crippen LogP contribution in [-0.2, 0) is 4.79 Å². The molecule has 0 aromatic heterocycles. The third-order valence-electron chi connectivity index (χ3n) is 3.94. The van der Waals surface area contributed by atoms with Crippen molar-refractivity contribution in [3.63, 3.8) is 0 Å². The van der Waals surface area contributed by atoms with Gasteiger partial charge in [0.05, 0.1) is 21.8 Å². The van der Waals surface area contributed by atoms with Gasteiger partial charge in [-0.1, -0.05) is 33.6 Å². The Morgan fingerprint density at radius 2 is 1.88 bits per heavy atom. The lowest BCUT2D eigenvalue weighted by Crippen LogP contribution is -2.31. The topological polar surface area (TPSA) is 66.5 Å². The lowest BCUT2D eigenvalue weighted by atomic mass is 10.1. The van der Waals surface area contributed by atoms with Gasteiger partial charge in [0.15, 0.2) is 5.82 Å². The van der Waals surface area contributed by atoms with E-state index in [9.17, 15) is 18.8 Å². The van der Waals surface area contributed by atoms with Gasteiger partial charge in [0.25, 0.3) is 11.8 Å². The second kappa shape index (κ2) is 7.55. The van der Waals surface area contributed by atoms with E-state index in [1.165, 1.54) is 18.2 Å². The number of halogens is 3. The van der Waals surface area contributed by atoms with Crippen molar-refractivity contribution >= 4 is 50.9 Å². The van der Waals surface area contributed by atoms with E-state index in [1.807, 2.05) is 0 Å². The van der Waals surface area contributed by atoms with Crippen molar-refractivity contribution in [2.45, 2.75) is 12.8 Å². The maximum atomic E-state index is 13.8. The number of anilines is 1. The molecule has 8 heteroatoms. The minimum absolute atomic E-state index is 0.00641. The summed E-state index contributed by atoms with van der Waals surface area (Å²) in [5, 5.41) is 2.35. The molecule has 1 N–H and O–H groups in total. The first kappa shape index (κ1) is 18.5. The Labute approximate surface area is 162 Å². The SMILES string of the molecule is O=C(CCCN1C(=O)c2ccc(Br)cc2C1=O)Nc1cccc(Cl)c1F. The molecule has 0 bridgehead atoms. The zero-order valence-corrected chi connectivity index (χ0v) is 15.7. The number of hydrogen-bond donors (Lipinski definition) is 1. The first-order valence-corrected chi connectivity index (χ1v) is 8.95. The van der Waals surface area contributed by atoms with Crippen LogP contribution in [0.1, 0.15) is 33.6 Å². The molecule has 1 heterocycles. The highest BCUT2D eigenvalue weighted by Gasteiger charge is 2.35. The van der Waals surface area contributed by atoms with E-state index < -0.39 is 11.7 Å². The summed E-state index contributed by atoms with van der Waals surface area (Å²) < 4.78 is 14.5. The molecule has 2 aromatic rings. The second-order valence-electron chi connectivity index (χ2n) is 5.70. The van der Waals surface area contributed by atoms with Crippen molar-refractivity contribution in [1.29, 1.82) is 0 Å². The summed E-state index contributed by atoms with van der Waals surface area (Å²) in [4.78, 5) is 37.7. The van der Waals surface area contributed by atoms with E-state index in [0.717, 1.165) is 4.90 Å². The highest BCUT2D eigenvalue weighted by molar-refractivity contribution is 9.10. The van der Waals surface area contributed by atoms with Crippen molar-refractivity contribution in [1.82, 2.24) is 4.90 Å². The largest absolute Gasteiger partial charge is 0.324 e. The average Bonchev–Trinajstić information content (AvgIpc) is 2.83. The van der Waals surface area contributed by atoms with E-state index in [2.05, 4.69) is 21.2 Å². The van der Waals surface area contributed by atoms with Gasteiger partial charge in [0.1, 0.15) is 0 Å². The van der Waals surface area contributed by atoms with Gasteiger partial charge in [-0.2, -0.15) is 0 Å². The van der Waals surface area contributed by atoms with Crippen molar-refractivity contribution in [2.75, 3.05) is 11.9 Å². The number of hydrogen-bond acceptors (Lipinski definition) is 3. The zero-order valence-electron chi connectivity index (χ0n) is 13.4. The lowest BCUT2D eigenvalue weighted by Gasteiger charge is -2.13. The number of nitrogens with zero attached hydrogens (tertiary/aromatic N) is 1. The van der Waals surface area contributed by atoms with Crippen LogP contribution < -0.4 is 5.32 Å². The summed E-state index contributed by atoms with van der Waals surface area (Å²) in [7, 11) is 0. The first-order valence-electron chi connectivity index (χ1n) is 7.78. The molecule has 0 radical (unpaired) electrons. The van der Waals surface area contributed by atoms with Crippen molar-refractivity contribution in [3.8, 4) is 0 Å². The maximum Gasteiger partial charge on any atom is 0.261 e. The Kier molecular flexibility index (Phi) is 5.38. The number of amides is 3. The van der Waals surface area contributed by atoms with Gasteiger partial charge in [0.2, 0.25) is 5.91 Å². The number of rotatable bonds is 5. The number of nitrogens with one attached hydrogen (secondary N) is 1. The van der Waals surface area contributed by atoms with Gasteiger partial charge in [-0.05, 0) is 36.8 Å². The van der Waals surface area contributed by atoms with Crippen LogP contribution in [0.3, 0.4) is 0 Å². The molecule has 0 aliphatic carbocycles. The predicted molar refractivity (Wildman–Crippen MR) is 98.8 cm³/mol. The molecule has 1 aliphatic heterocycles. The van der Waals surface area contributed by atoms with Crippen LogP contribution in [0.15, 0.2) is 40.9 Å². The summed E-state index contributed by atoms with van der Waals surface area (Å²) in [6.45, 7) is 0.107. The predicted octanol–water partition coefficient (Wildman–Crippen LogP) is 4.26. The molecule has 0 unspecified atom stereocenters. The molecule has 3 amide bonds. The molecule has 5 nitrogen and oxygen atoms in total. The number of carbonyl (C=O) groups is 3. The summed E-state index contributed by atoms with van der Waals surface area (Å²) in [5.74, 6) is -1.88. The third kappa shape index (κ3) is 3.64. The molecular weight excluding hydrogens is 427 g/mol. The van der Waals surface area contributed by atoms with Crippen LogP contribution >= 0.6 is 27.5 Å². The fraction of sp³-hybridized carbons (Fsp3) is 0.167. The Bertz CT molecular complexity index is 919. The monoisotopic (exact) mass is 438 g/mol. The fourth-order valence-electron chi connectivity index (χ4n) is 2.68. The summed E-state index contributed by atoms with van der Waals surface area (Å²) >= 11 is 8.94. The van der Waals surface area contributed by atoms with Gasteiger partial charge in [-0.3, -0.25) is 19.3 Å². The normalized spacial score (nSPS) is 13.1. The van der Waals surface area contributed by atoms with Crippen LogP contribution in [0.2, 0.25) is 5.02 Å². The van der Waals surface area contributed by atoms with E-state index in [-0.39, 0.29) is 41.9 Å². The Morgan fingerprint density at radius 1 is 1.15 bits per heavy atom. The molecule has 0 atom stereocenters. The molecule has 0 spiro atoms. The molecule has 0 fully saturated rings. The van der Waals surface area contributed by atoms with Crippen LogP contribution in [-0.4, -0.2) is 29.2 Å². The second-order valence-corrected chi connectivity index (χ2v) is 7.03. The molecule has 2 aromatic carbocycles. The first-order chi connectivity index (χ1) is 12.4. The zero-order chi connectivity index (χ0) is 18.8. The molecule has 0 saturated heterocycles. The molecule has 26 heavy (non-hydrogen) atoms. The molecule has 1 aliphatic rings. The van der Waals surface area contributed by atoms with Crippen LogP contribution in [0.5, 0.6) is 0 Å². The number of fused-ring (bicyclic) bond motifs is 1. The third-order valence-corrected chi connectivity index (χ3v) is 4.73. The van der Waals surface area contributed by atoms with Crippen LogP contribution in [0, 0.1) is 5.82 Å². The van der Waals surface area contributed by atoms with Crippen molar-refractivity contribution < 1.29 is 18.8 Å². The average molecular weight is 440 g/mol. The van der Waals surface area contributed by atoms with Crippen LogP contribution in [0.4, 0.5) is 10.1 Å². The fourth-order valence-corrected chi connectivity index (χ4v) is 3.21. The highest BCUT2D eigenvalue weighted by Crippen LogP contribution is 2.26. The van der Waals surface area contributed by atoms with E-state index >= 15 is 0 Å². The molecule has 3 rings (SSSR count). The minimum atomic E-state index is -0.701. The van der Waals surface area contributed by atoms with Crippen molar-refractivity contribution in [3.05, 3.63) is 62.8 Å². The number of benzene rings is 2. The van der Waals surface area contributed by atoms with E-state index in [0.29, 0.717) is 15.6 Å². The van der Waals surface area contributed by atoms with E-state index in [4.69, 9.17) is 11.6 Å². The minimum Gasteiger partial charge on any atom is -0.324 e. The van der Waals surface area contributed by atoms with Gasteiger partial charge in [-0.25, -0.2) is 4.39 Å². The van der Waals surface area contributed by atoms with Gasteiger partial charge < -0.3 is 5.32 Å². The molecular formula is C18H13BrClFN2O3. The standard InChI is InChI=1S/C18H13BrClFN2O3/c19-10-6-7-11-12(9-10)18(26)23(17(11)25)8-2-5-15(24)22-14-4-1-3-13(20)16(14)21/h1,3-4,6-7,9H,2,5,8H2,(H,22,24). The quantitative estimate of drug-likeness (QED) is 0.708. The number of carbonyl (C=O) groups excluding carboxylic acids is 3. The van der Waals surface area contributed by atoms with Gasteiger partial charge in [0, 0.05) is 17.4 Å². The Morgan fingerprint density at radius 3 is 2.65 bits per heavy atom. The van der Waals surface area contributed by atoms with Gasteiger partial charge >= 0.3 is 0 Å². The molecule has 0 saturated carbocycles. The van der Waals surface area contributed by atoms with Gasteiger partial charge in [-0.15, -0.1) is 0 Å². The summed E-state index contributed by atoms with van der Waals surface area (Å²) in [6.07, 6.45) is 0.295. The smallest absolute Gasteiger partial charge is 0.261 e. The number of imide groups is 1. The summed E-state index contributed by atoms with van der Waals surface area (Å²) in [5.41, 5.74) is 0.687. The molecule has 134 valence electrons. The maximum absolute atomic E-state index is 13.8. The Balaban J connectivity index is 1.57.